The number of hydrogen-bond donors (Lipinski definition) is 1. The highest BCUT2D eigenvalue weighted by Gasteiger charge is 2.38. The average molecular weight is 425 g/mol. The molecule has 0 bridgehead atoms. The molecular formula is C24H27NO6. The van der Waals surface area contributed by atoms with Gasteiger partial charge >= 0.3 is 0 Å². The van der Waals surface area contributed by atoms with E-state index in [1.165, 1.54) is 0 Å². The van der Waals surface area contributed by atoms with Crippen LogP contribution in [0.2, 0.25) is 0 Å². The maximum atomic E-state index is 13.1. The van der Waals surface area contributed by atoms with Gasteiger partial charge in [-0.05, 0) is 30.5 Å². The van der Waals surface area contributed by atoms with Gasteiger partial charge in [0.1, 0.15) is 0 Å². The van der Waals surface area contributed by atoms with Crippen LogP contribution in [0.4, 0.5) is 5.69 Å². The molecule has 0 radical (unpaired) electrons. The third kappa shape index (κ3) is 3.34. The van der Waals surface area contributed by atoms with Crippen LogP contribution in [0.1, 0.15) is 36.3 Å². The predicted octanol–water partition coefficient (Wildman–Crippen LogP) is 4.29. The Kier molecular flexibility index (Phi) is 5.67. The summed E-state index contributed by atoms with van der Waals surface area (Å²) in [5.41, 5.74) is 4.33. The zero-order chi connectivity index (χ0) is 22.1. The van der Waals surface area contributed by atoms with Crippen LogP contribution < -0.4 is 29.0 Å². The van der Waals surface area contributed by atoms with Gasteiger partial charge in [0.25, 0.3) is 0 Å². The zero-order valence-corrected chi connectivity index (χ0v) is 18.5. The second-order valence-electron chi connectivity index (χ2n) is 7.44. The Morgan fingerprint density at radius 3 is 2.10 bits per heavy atom. The molecule has 7 heteroatoms. The number of ketones is 1. The molecule has 2 aromatic rings. The van der Waals surface area contributed by atoms with Gasteiger partial charge in [-0.15, -0.1) is 0 Å². The van der Waals surface area contributed by atoms with Crippen molar-refractivity contribution < 1.29 is 28.5 Å². The van der Waals surface area contributed by atoms with E-state index < -0.39 is 0 Å². The van der Waals surface area contributed by atoms with Gasteiger partial charge in [-0.25, -0.2) is 0 Å². The third-order valence-corrected chi connectivity index (χ3v) is 5.94. The van der Waals surface area contributed by atoms with Crippen LogP contribution in [-0.2, 0) is 4.79 Å². The lowest BCUT2D eigenvalue weighted by atomic mass is 9.75. The molecule has 0 saturated carbocycles. The first-order valence-corrected chi connectivity index (χ1v) is 10.2. The molecule has 1 N–H and O–H groups in total. The number of carbonyl (C=O) groups is 1. The van der Waals surface area contributed by atoms with Gasteiger partial charge in [0, 0.05) is 40.9 Å². The van der Waals surface area contributed by atoms with Gasteiger partial charge in [0.05, 0.1) is 35.5 Å². The molecule has 1 heterocycles. The number of anilines is 1. The fourth-order valence-corrected chi connectivity index (χ4v) is 4.56. The van der Waals surface area contributed by atoms with E-state index in [1.807, 2.05) is 24.3 Å². The summed E-state index contributed by atoms with van der Waals surface area (Å²) in [4.78, 5) is 13.1. The van der Waals surface area contributed by atoms with E-state index >= 15 is 0 Å². The molecule has 4 rings (SSSR count). The molecule has 1 aliphatic carbocycles. The molecule has 1 aliphatic heterocycles. The number of fused-ring (bicyclic) bond motifs is 1. The summed E-state index contributed by atoms with van der Waals surface area (Å²) < 4.78 is 27.9. The van der Waals surface area contributed by atoms with Crippen molar-refractivity contribution in [2.24, 2.45) is 0 Å². The van der Waals surface area contributed by atoms with Gasteiger partial charge < -0.3 is 29.0 Å². The van der Waals surface area contributed by atoms with Gasteiger partial charge in [-0.3, -0.25) is 4.79 Å². The molecule has 2 aliphatic rings. The number of nitrogens with one attached hydrogen (secondary N) is 1. The Morgan fingerprint density at radius 1 is 0.774 bits per heavy atom. The predicted molar refractivity (Wildman–Crippen MR) is 117 cm³/mol. The van der Waals surface area contributed by atoms with Gasteiger partial charge in [0.2, 0.25) is 5.75 Å². The second kappa shape index (κ2) is 8.41. The smallest absolute Gasteiger partial charge is 0.203 e. The van der Waals surface area contributed by atoms with Crippen molar-refractivity contribution in [3.8, 4) is 28.7 Å². The Hall–Kier alpha value is -3.35. The van der Waals surface area contributed by atoms with Crippen LogP contribution in [0, 0.1) is 0 Å². The molecule has 31 heavy (non-hydrogen) atoms. The number of allylic oxidation sites excluding steroid dienone is 2. The lowest BCUT2D eigenvalue weighted by Gasteiger charge is -2.35. The van der Waals surface area contributed by atoms with E-state index in [2.05, 4.69) is 5.32 Å². The second-order valence-corrected chi connectivity index (χ2v) is 7.44. The molecular weight excluding hydrogens is 398 g/mol. The highest BCUT2D eigenvalue weighted by molar-refractivity contribution is 6.01. The molecule has 164 valence electrons. The Bertz CT molecular complexity index is 1060. The molecule has 0 unspecified atom stereocenters. The van der Waals surface area contributed by atoms with E-state index in [0.29, 0.717) is 35.2 Å². The van der Waals surface area contributed by atoms with E-state index in [-0.39, 0.29) is 11.7 Å². The van der Waals surface area contributed by atoms with Crippen molar-refractivity contribution in [1.82, 2.24) is 0 Å². The van der Waals surface area contributed by atoms with Crippen molar-refractivity contribution in [2.45, 2.75) is 25.2 Å². The van der Waals surface area contributed by atoms with Crippen LogP contribution in [0.3, 0.4) is 0 Å². The summed E-state index contributed by atoms with van der Waals surface area (Å²) in [7, 11) is 7.96. The molecule has 0 amide bonds. The summed E-state index contributed by atoms with van der Waals surface area (Å²) in [5, 5.41) is 3.47. The minimum absolute atomic E-state index is 0.135. The number of rotatable bonds is 6. The van der Waals surface area contributed by atoms with Crippen molar-refractivity contribution in [3.05, 3.63) is 46.7 Å². The number of benzene rings is 2. The van der Waals surface area contributed by atoms with Gasteiger partial charge in [-0.1, -0.05) is 6.07 Å². The van der Waals surface area contributed by atoms with Crippen molar-refractivity contribution in [3.63, 3.8) is 0 Å². The first kappa shape index (κ1) is 20.9. The Balaban J connectivity index is 2.02. The summed E-state index contributed by atoms with van der Waals surface area (Å²) in [6, 6.07) is 7.61. The molecule has 0 aromatic heterocycles. The first-order chi connectivity index (χ1) is 15.1. The standard InChI is InChI=1S/C24H27NO6/c1-27-18-10-9-13(23(30-4)24(18)31-5)21-14-11-19(28-2)20(29-3)12-16(14)25-15-7-6-8-17(26)22(15)21/h9-12,21,25H,6-8H2,1-5H3/t21-/m0/s1. The molecule has 1 atom stereocenters. The Labute approximate surface area is 181 Å². The number of methoxy groups -OCH3 is 5. The van der Waals surface area contributed by atoms with Crippen molar-refractivity contribution in [2.75, 3.05) is 40.9 Å². The fourth-order valence-electron chi connectivity index (χ4n) is 4.56. The zero-order valence-electron chi connectivity index (χ0n) is 18.5. The minimum atomic E-state index is -0.339. The lowest BCUT2D eigenvalue weighted by Crippen LogP contribution is -2.27. The van der Waals surface area contributed by atoms with Crippen molar-refractivity contribution >= 4 is 11.5 Å². The van der Waals surface area contributed by atoms with E-state index in [0.717, 1.165) is 40.9 Å². The number of carbonyl (C=O) groups excluding carboxylic acids is 1. The SMILES string of the molecule is COc1cc2c(cc1OC)[C@H](c1ccc(OC)c(OC)c1OC)C1=C(CCCC1=O)N2. The highest BCUT2D eigenvalue weighted by Crippen LogP contribution is 2.53. The number of ether oxygens (including phenoxy) is 5. The molecule has 0 spiro atoms. The van der Waals surface area contributed by atoms with E-state index in [4.69, 9.17) is 23.7 Å². The fraction of sp³-hybridized carbons (Fsp3) is 0.375. The Morgan fingerprint density at radius 2 is 1.45 bits per heavy atom. The first-order valence-electron chi connectivity index (χ1n) is 10.2. The van der Waals surface area contributed by atoms with Crippen LogP contribution in [0.5, 0.6) is 28.7 Å². The third-order valence-electron chi connectivity index (χ3n) is 5.94. The van der Waals surface area contributed by atoms with Gasteiger partial charge in [0.15, 0.2) is 28.8 Å². The number of Topliss-reactive ketones (excluding diaryl/α,β-unsaturated/α-hetero) is 1. The summed E-state index contributed by atoms with van der Waals surface area (Å²) >= 11 is 0. The normalized spacial score (nSPS) is 17.3. The summed E-state index contributed by atoms with van der Waals surface area (Å²) in [5.74, 6) is 2.62. The summed E-state index contributed by atoms with van der Waals surface area (Å²) in [6.07, 6.45) is 2.15. The van der Waals surface area contributed by atoms with E-state index in [9.17, 15) is 4.79 Å². The molecule has 2 aromatic carbocycles. The maximum absolute atomic E-state index is 13.1. The van der Waals surface area contributed by atoms with Crippen molar-refractivity contribution in [1.29, 1.82) is 0 Å². The highest BCUT2D eigenvalue weighted by atomic mass is 16.5. The average Bonchev–Trinajstić information content (AvgIpc) is 2.80. The molecule has 7 nitrogen and oxygen atoms in total. The summed E-state index contributed by atoms with van der Waals surface area (Å²) in [6.45, 7) is 0. The molecule has 0 fully saturated rings. The lowest BCUT2D eigenvalue weighted by molar-refractivity contribution is -0.116. The van der Waals surface area contributed by atoms with Crippen LogP contribution >= 0.6 is 0 Å². The number of hydrogen-bond acceptors (Lipinski definition) is 7. The topological polar surface area (TPSA) is 75.2 Å². The minimum Gasteiger partial charge on any atom is -0.493 e. The maximum Gasteiger partial charge on any atom is 0.203 e. The monoisotopic (exact) mass is 425 g/mol. The van der Waals surface area contributed by atoms with Crippen LogP contribution in [0.15, 0.2) is 35.5 Å². The van der Waals surface area contributed by atoms with Gasteiger partial charge in [-0.2, -0.15) is 0 Å². The van der Waals surface area contributed by atoms with E-state index in [1.54, 1.807) is 35.5 Å². The van der Waals surface area contributed by atoms with Crippen LogP contribution in [-0.4, -0.2) is 41.3 Å². The molecule has 0 saturated heterocycles. The van der Waals surface area contributed by atoms with Crippen LogP contribution in [0.25, 0.3) is 0 Å². The largest absolute Gasteiger partial charge is 0.493 e. The quantitative estimate of drug-likeness (QED) is 0.740.